The molecule has 4 heterocycles. The van der Waals surface area contributed by atoms with Crippen molar-refractivity contribution in [2.75, 3.05) is 31.2 Å². The van der Waals surface area contributed by atoms with Crippen molar-refractivity contribution in [2.24, 2.45) is 5.73 Å². The first-order valence-corrected chi connectivity index (χ1v) is 14.0. The number of nitrogens with two attached hydrogens (primary N) is 1. The minimum absolute atomic E-state index is 0.0401. The predicted molar refractivity (Wildman–Crippen MR) is 154 cm³/mol. The Balaban J connectivity index is 1.30. The van der Waals surface area contributed by atoms with Gasteiger partial charge in [0.2, 0.25) is 0 Å². The topological polar surface area (TPSA) is 95.5 Å². The van der Waals surface area contributed by atoms with Crippen LogP contribution in [0.5, 0.6) is 5.75 Å². The molecule has 0 aliphatic carbocycles. The molecule has 6 rings (SSSR count). The van der Waals surface area contributed by atoms with Crippen molar-refractivity contribution in [3.63, 3.8) is 0 Å². The van der Waals surface area contributed by atoms with Crippen LogP contribution in [0, 0.1) is 0 Å². The molecule has 2 aromatic carbocycles. The Labute approximate surface area is 243 Å². The molecule has 0 saturated carbocycles. The van der Waals surface area contributed by atoms with Crippen LogP contribution in [-0.2, 0) is 10.9 Å². The van der Waals surface area contributed by atoms with E-state index in [9.17, 15) is 18.0 Å². The lowest BCUT2D eigenvalue weighted by molar-refractivity contribution is -0.139. The Kier molecular flexibility index (Phi) is 7.33. The highest BCUT2D eigenvalue weighted by atomic mass is 32.1. The molecule has 3 aromatic heterocycles. The fourth-order valence-corrected chi connectivity index (χ4v) is 5.96. The lowest BCUT2D eigenvalue weighted by Crippen LogP contribution is -2.36. The highest BCUT2D eigenvalue weighted by Crippen LogP contribution is 2.39. The lowest BCUT2D eigenvalue weighted by atomic mass is 10.0. The maximum Gasteiger partial charge on any atom is 0.416 e. The summed E-state index contributed by atoms with van der Waals surface area (Å²) < 4.78 is 53.9. The monoisotopic (exact) mass is 593 g/mol. The lowest BCUT2D eigenvalue weighted by Gasteiger charge is -2.28. The Morgan fingerprint density at radius 3 is 2.57 bits per heavy atom. The van der Waals surface area contributed by atoms with Crippen LogP contribution in [0.15, 0.2) is 73.2 Å². The van der Waals surface area contributed by atoms with Crippen LogP contribution in [-0.4, -0.2) is 46.7 Å². The molecule has 2 N–H and O–H groups in total. The second kappa shape index (κ2) is 11.1. The maximum atomic E-state index is 13.6. The third kappa shape index (κ3) is 5.42. The van der Waals surface area contributed by atoms with E-state index in [1.54, 1.807) is 23.2 Å². The Bertz CT molecular complexity index is 1760. The molecule has 1 aliphatic heterocycles. The number of halogens is 3. The number of rotatable bonds is 7. The summed E-state index contributed by atoms with van der Waals surface area (Å²) >= 11 is 1.08. The molecular weight excluding hydrogens is 567 g/mol. The van der Waals surface area contributed by atoms with Crippen LogP contribution in [0.3, 0.4) is 0 Å². The van der Waals surface area contributed by atoms with Gasteiger partial charge in [-0.05, 0) is 48.4 Å². The Hall–Kier alpha value is -4.42. The average Bonchev–Trinajstić information content (AvgIpc) is 3.61. The molecule has 0 radical (unpaired) electrons. The minimum Gasteiger partial charge on any atom is -0.484 e. The number of primary amides is 1. The number of pyridine rings is 1. The first-order valence-electron chi connectivity index (χ1n) is 13.2. The van der Waals surface area contributed by atoms with Gasteiger partial charge < -0.3 is 20.1 Å². The van der Waals surface area contributed by atoms with Gasteiger partial charge in [-0.1, -0.05) is 24.3 Å². The van der Waals surface area contributed by atoms with E-state index >= 15 is 0 Å². The second-order valence-corrected chi connectivity index (χ2v) is 10.8. The molecule has 8 nitrogen and oxygen atoms in total. The van der Waals surface area contributed by atoms with Crippen molar-refractivity contribution in [3.8, 4) is 21.9 Å². The van der Waals surface area contributed by atoms with Crippen LogP contribution >= 0.6 is 11.3 Å². The third-order valence-corrected chi connectivity index (χ3v) is 8.25. The first kappa shape index (κ1) is 27.7. The number of amides is 1. The molecule has 0 bridgehead atoms. The standard InChI is InChI=1S/C30H26F3N5O3S/c1-18(21-4-2-3-5-22(21)30(31,32)33)41-25-16-27(42-28(25)29(34)39)38-17-36-23-14-19(6-7-24(23)38)20-8-9-35-26(15-20)37-10-12-40-13-11-37/h2-9,14-18H,10-13H2,1H3,(H2,34,39)/t18-/m1/s1. The Morgan fingerprint density at radius 1 is 1.05 bits per heavy atom. The van der Waals surface area contributed by atoms with Gasteiger partial charge >= 0.3 is 6.18 Å². The van der Waals surface area contributed by atoms with Gasteiger partial charge in [0.15, 0.2) is 0 Å². The zero-order valence-electron chi connectivity index (χ0n) is 22.5. The number of nitrogens with zero attached hydrogens (tertiary/aromatic N) is 4. The molecule has 1 aliphatic rings. The summed E-state index contributed by atoms with van der Waals surface area (Å²) in [5.74, 6) is 0.259. The smallest absolute Gasteiger partial charge is 0.416 e. The number of imidazole rings is 1. The van der Waals surface area contributed by atoms with E-state index in [4.69, 9.17) is 15.2 Å². The number of alkyl halides is 3. The largest absolute Gasteiger partial charge is 0.484 e. The van der Waals surface area contributed by atoms with Crippen molar-refractivity contribution < 1.29 is 27.4 Å². The van der Waals surface area contributed by atoms with Crippen LogP contribution in [0.2, 0.25) is 0 Å². The number of carbonyl (C=O) groups excluding carboxylic acids is 1. The molecule has 0 unspecified atom stereocenters. The molecule has 12 heteroatoms. The molecule has 42 heavy (non-hydrogen) atoms. The van der Waals surface area contributed by atoms with Gasteiger partial charge in [-0.3, -0.25) is 9.36 Å². The predicted octanol–water partition coefficient (Wildman–Crippen LogP) is 6.24. The van der Waals surface area contributed by atoms with Crippen molar-refractivity contribution in [2.45, 2.75) is 19.2 Å². The molecular formula is C30H26F3N5O3S. The Morgan fingerprint density at radius 2 is 1.81 bits per heavy atom. The van der Waals surface area contributed by atoms with Gasteiger partial charge in [-0.15, -0.1) is 11.3 Å². The number of fused-ring (bicyclic) bond motifs is 1. The summed E-state index contributed by atoms with van der Waals surface area (Å²) in [5, 5.41) is 0.587. The molecule has 1 amide bonds. The van der Waals surface area contributed by atoms with Crippen molar-refractivity contribution in [1.29, 1.82) is 0 Å². The zero-order chi connectivity index (χ0) is 29.4. The number of thiophene rings is 1. The molecule has 216 valence electrons. The molecule has 1 fully saturated rings. The normalized spacial score (nSPS) is 14.7. The van der Waals surface area contributed by atoms with Gasteiger partial charge in [0, 0.05) is 30.9 Å². The third-order valence-electron chi connectivity index (χ3n) is 7.12. The van der Waals surface area contributed by atoms with Crippen molar-refractivity contribution in [3.05, 3.63) is 89.2 Å². The van der Waals surface area contributed by atoms with Gasteiger partial charge in [-0.2, -0.15) is 13.2 Å². The van der Waals surface area contributed by atoms with Crippen LogP contribution in [0.1, 0.15) is 33.8 Å². The van der Waals surface area contributed by atoms with E-state index in [0.717, 1.165) is 58.5 Å². The summed E-state index contributed by atoms with van der Waals surface area (Å²) in [4.78, 5) is 23.7. The number of carbonyl (C=O) groups is 1. The van der Waals surface area contributed by atoms with Crippen molar-refractivity contribution >= 4 is 34.1 Å². The quantitative estimate of drug-likeness (QED) is 0.240. The summed E-state index contributed by atoms with van der Waals surface area (Å²) in [6, 6.07) is 16.7. The minimum atomic E-state index is -4.55. The average molecular weight is 594 g/mol. The van der Waals surface area contributed by atoms with Gasteiger partial charge in [0.05, 0.1) is 29.8 Å². The summed E-state index contributed by atoms with van der Waals surface area (Å²) in [6.45, 7) is 4.41. The molecule has 1 saturated heterocycles. The highest BCUT2D eigenvalue weighted by molar-refractivity contribution is 7.16. The molecule has 0 spiro atoms. The van der Waals surface area contributed by atoms with E-state index in [-0.39, 0.29) is 16.2 Å². The number of hydrogen-bond acceptors (Lipinski definition) is 7. The summed E-state index contributed by atoms with van der Waals surface area (Å²) in [5.41, 5.74) is 8.26. The number of ether oxygens (including phenoxy) is 2. The maximum absolute atomic E-state index is 13.6. The van der Waals surface area contributed by atoms with Gasteiger partial charge in [0.1, 0.15) is 33.9 Å². The molecule has 1 atom stereocenters. The van der Waals surface area contributed by atoms with Crippen LogP contribution in [0.25, 0.3) is 27.2 Å². The fourth-order valence-electron chi connectivity index (χ4n) is 5.03. The van der Waals surface area contributed by atoms with Gasteiger partial charge in [0.25, 0.3) is 5.91 Å². The van der Waals surface area contributed by atoms with Gasteiger partial charge in [-0.25, -0.2) is 9.97 Å². The van der Waals surface area contributed by atoms with Crippen LogP contribution < -0.4 is 15.4 Å². The second-order valence-electron chi connectivity index (χ2n) is 9.81. The number of aromatic nitrogens is 3. The number of morpholine rings is 1. The van der Waals surface area contributed by atoms with Crippen molar-refractivity contribution in [1.82, 2.24) is 14.5 Å². The highest BCUT2D eigenvalue weighted by Gasteiger charge is 2.35. The van der Waals surface area contributed by atoms with E-state index in [0.29, 0.717) is 18.2 Å². The fraction of sp³-hybridized carbons (Fsp3) is 0.233. The van der Waals surface area contributed by atoms with Crippen LogP contribution in [0.4, 0.5) is 19.0 Å². The molecule has 5 aromatic rings. The summed E-state index contributed by atoms with van der Waals surface area (Å²) in [6.07, 6.45) is -2.12. The first-order chi connectivity index (χ1) is 20.2. The number of hydrogen-bond donors (Lipinski definition) is 1. The van der Waals surface area contributed by atoms with E-state index in [2.05, 4.69) is 14.9 Å². The van der Waals surface area contributed by atoms with E-state index < -0.39 is 23.8 Å². The summed E-state index contributed by atoms with van der Waals surface area (Å²) in [7, 11) is 0. The zero-order valence-corrected chi connectivity index (χ0v) is 23.3. The van der Waals surface area contributed by atoms with E-state index in [1.165, 1.54) is 25.1 Å². The number of benzene rings is 2. The number of anilines is 1. The SMILES string of the molecule is C[C@@H](Oc1cc(-n2cnc3cc(-c4ccnc(N5CCOCC5)c4)ccc32)sc1C(N)=O)c1ccccc1C(F)(F)F. The van der Waals surface area contributed by atoms with E-state index in [1.807, 2.05) is 30.3 Å².